The summed E-state index contributed by atoms with van der Waals surface area (Å²) in [6.45, 7) is 2.43. The van der Waals surface area contributed by atoms with Crippen LogP contribution >= 0.6 is 23.4 Å². The molecule has 9 nitrogen and oxygen atoms in total. The molecule has 166 valence electrons. The highest BCUT2D eigenvalue weighted by atomic mass is 35.5. The van der Waals surface area contributed by atoms with Gasteiger partial charge in [0, 0.05) is 16.5 Å². The molecule has 0 saturated carbocycles. The molecule has 1 fully saturated rings. The highest BCUT2D eigenvalue weighted by molar-refractivity contribution is 7.99. The Labute approximate surface area is 188 Å². The number of aromatic nitrogens is 4. The average Bonchev–Trinajstić information content (AvgIpc) is 3.27. The van der Waals surface area contributed by atoms with Crippen LogP contribution in [0, 0.1) is 0 Å². The molecular formula is C20H24ClN5O4S. The topological polar surface area (TPSA) is 126 Å². The van der Waals surface area contributed by atoms with Gasteiger partial charge in [-0.1, -0.05) is 36.7 Å². The largest absolute Gasteiger partial charge is 0.394 e. The number of ether oxygens (including phenoxy) is 1. The Hall–Kier alpha value is -1.95. The van der Waals surface area contributed by atoms with E-state index >= 15 is 0 Å². The molecule has 0 aliphatic carbocycles. The lowest BCUT2D eigenvalue weighted by Crippen LogP contribution is -2.33. The van der Waals surface area contributed by atoms with Crippen molar-refractivity contribution in [2.45, 2.75) is 54.4 Å². The van der Waals surface area contributed by atoms with Crippen molar-refractivity contribution in [1.29, 1.82) is 0 Å². The van der Waals surface area contributed by atoms with Gasteiger partial charge < -0.3 is 25.4 Å². The maximum absolute atomic E-state index is 10.6. The molecule has 1 saturated heterocycles. The number of halogens is 1. The molecule has 0 bridgehead atoms. The summed E-state index contributed by atoms with van der Waals surface area (Å²) in [7, 11) is 0. The van der Waals surface area contributed by atoms with Gasteiger partial charge in [0.05, 0.1) is 6.61 Å². The van der Waals surface area contributed by atoms with E-state index in [4.69, 9.17) is 21.3 Å². The summed E-state index contributed by atoms with van der Waals surface area (Å²) < 4.78 is 7.42. The smallest absolute Gasteiger partial charge is 0.177 e. The molecule has 2 aromatic heterocycles. The second-order valence-electron chi connectivity index (χ2n) is 7.22. The van der Waals surface area contributed by atoms with Gasteiger partial charge in [0.25, 0.3) is 0 Å². The summed E-state index contributed by atoms with van der Waals surface area (Å²) in [6.07, 6.45) is -0.925. The number of anilines is 1. The maximum atomic E-state index is 10.6. The molecule has 4 rings (SSSR count). The Kier molecular flexibility index (Phi) is 6.95. The van der Waals surface area contributed by atoms with E-state index in [9.17, 15) is 15.3 Å². The van der Waals surface area contributed by atoms with Gasteiger partial charge in [-0.3, -0.25) is 4.57 Å². The minimum atomic E-state index is -1.26. The Bertz CT molecular complexity index is 1030. The zero-order valence-electron chi connectivity index (χ0n) is 16.8. The highest BCUT2D eigenvalue weighted by Crippen LogP contribution is 2.38. The third kappa shape index (κ3) is 4.50. The van der Waals surface area contributed by atoms with Gasteiger partial charge in [-0.15, -0.1) is 0 Å². The molecule has 31 heavy (non-hydrogen) atoms. The monoisotopic (exact) mass is 465 g/mol. The fourth-order valence-corrected chi connectivity index (χ4v) is 4.44. The van der Waals surface area contributed by atoms with Crippen LogP contribution in [0.15, 0.2) is 40.6 Å². The number of rotatable bonds is 8. The number of fused-ring (bicyclic) bond motifs is 1. The highest BCUT2D eigenvalue weighted by Gasteiger charge is 2.45. The summed E-state index contributed by atoms with van der Waals surface area (Å²) in [5.74, 6) is 0.585. The normalized spacial score (nSPS) is 23.5. The fraction of sp³-hybridized carbons (Fsp3) is 0.450. The number of nitrogens with one attached hydrogen (secondary N) is 1. The van der Waals surface area contributed by atoms with E-state index in [0.717, 1.165) is 24.3 Å². The van der Waals surface area contributed by atoms with Crippen LogP contribution in [-0.2, 0) is 4.74 Å². The van der Waals surface area contributed by atoms with E-state index in [1.54, 1.807) is 16.7 Å². The molecular weight excluding hydrogens is 442 g/mol. The van der Waals surface area contributed by atoms with Gasteiger partial charge in [0.1, 0.15) is 24.6 Å². The minimum absolute atomic E-state index is 0.417. The summed E-state index contributed by atoms with van der Waals surface area (Å²) in [5, 5.41) is 34.8. The number of hydrogen-bond acceptors (Lipinski definition) is 9. The third-order valence-electron chi connectivity index (χ3n) is 5.06. The average molecular weight is 466 g/mol. The predicted molar refractivity (Wildman–Crippen MR) is 117 cm³/mol. The summed E-state index contributed by atoms with van der Waals surface area (Å²) >= 11 is 7.35. The first kappa shape index (κ1) is 22.3. The van der Waals surface area contributed by atoms with Crippen LogP contribution in [0.25, 0.3) is 11.2 Å². The van der Waals surface area contributed by atoms with E-state index in [2.05, 4.69) is 22.2 Å². The zero-order valence-corrected chi connectivity index (χ0v) is 18.4. The van der Waals surface area contributed by atoms with Crippen LogP contribution < -0.4 is 5.32 Å². The minimum Gasteiger partial charge on any atom is -0.394 e. The van der Waals surface area contributed by atoms with E-state index < -0.39 is 31.1 Å². The van der Waals surface area contributed by atoms with Crippen molar-refractivity contribution >= 4 is 40.3 Å². The first-order valence-electron chi connectivity index (χ1n) is 10.1. The quantitative estimate of drug-likeness (QED) is 0.371. The molecule has 0 radical (unpaired) electrons. The van der Waals surface area contributed by atoms with Crippen LogP contribution in [0.4, 0.5) is 5.82 Å². The van der Waals surface area contributed by atoms with Crippen molar-refractivity contribution in [2.24, 2.45) is 0 Å². The molecule has 4 N–H and O–H groups in total. The van der Waals surface area contributed by atoms with Crippen LogP contribution in [0.5, 0.6) is 0 Å². The first-order chi connectivity index (χ1) is 15.0. The van der Waals surface area contributed by atoms with Crippen molar-refractivity contribution in [3.05, 3.63) is 35.6 Å². The van der Waals surface area contributed by atoms with Gasteiger partial charge in [-0.25, -0.2) is 15.0 Å². The summed E-state index contributed by atoms with van der Waals surface area (Å²) in [6, 6.07) is 7.28. The van der Waals surface area contributed by atoms with Gasteiger partial charge in [0.15, 0.2) is 28.4 Å². The molecule has 3 heterocycles. The van der Waals surface area contributed by atoms with Crippen molar-refractivity contribution in [3.8, 4) is 0 Å². The van der Waals surface area contributed by atoms with Crippen LogP contribution in [-0.4, -0.2) is 66.3 Å². The Morgan fingerprint density at radius 1 is 1.19 bits per heavy atom. The Morgan fingerprint density at radius 3 is 2.65 bits per heavy atom. The van der Waals surface area contributed by atoms with Gasteiger partial charge >= 0.3 is 0 Å². The molecule has 1 aromatic carbocycles. The molecule has 1 aliphatic rings. The third-order valence-corrected chi connectivity index (χ3v) is 6.29. The SMILES string of the molecule is CCCCNc1ncnc2c1nc(Sc1ccc(Cl)cc1)n2[C@@H]1O[C@H](CO)[C@@H](O)[C@H]1O. The number of unbranched alkanes of at least 4 members (excludes halogenated alkanes) is 1. The summed E-state index contributed by atoms with van der Waals surface area (Å²) in [5.41, 5.74) is 0.994. The van der Waals surface area contributed by atoms with E-state index in [1.165, 1.54) is 18.1 Å². The predicted octanol–water partition coefficient (Wildman–Crippen LogP) is 2.45. The number of aliphatic hydroxyl groups excluding tert-OH is 3. The van der Waals surface area contributed by atoms with E-state index in [0.29, 0.717) is 27.2 Å². The van der Waals surface area contributed by atoms with Gasteiger partial charge in [-0.2, -0.15) is 0 Å². The molecule has 4 atom stereocenters. The molecule has 3 aromatic rings. The van der Waals surface area contributed by atoms with Crippen LogP contribution in [0.3, 0.4) is 0 Å². The number of imidazole rings is 1. The van der Waals surface area contributed by atoms with Crippen molar-refractivity contribution in [1.82, 2.24) is 19.5 Å². The second kappa shape index (κ2) is 9.68. The van der Waals surface area contributed by atoms with Crippen molar-refractivity contribution in [2.75, 3.05) is 18.5 Å². The van der Waals surface area contributed by atoms with Gasteiger partial charge in [0.2, 0.25) is 0 Å². The number of nitrogens with zero attached hydrogens (tertiary/aromatic N) is 4. The number of aliphatic hydroxyl groups is 3. The van der Waals surface area contributed by atoms with Crippen LogP contribution in [0.1, 0.15) is 26.0 Å². The molecule has 0 amide bonds. The molecule has 1 aliphatic heterocycles. The molecule has 11 heteroatoms. The molecule has 0 unspecified atom stereocenters. The summed E-state index contributed by atoms with van der Waals surface area (Å²) in [4.78, 5) is 14.3. The zero-order chi connectivity index (χ0) is 22.0. The lowest BCUT2D eigenvalue weighted by atomic mass is 10.1. The maximum Gasteiger partial charge on any atom is 0.177 e. The lowest BCUT2D eigenvalue weighted by Gasteiger charge is -2.19. The first-order valence-corrected chi connectivity index (χ1v) is 11.3. The number of hydrogen-bond donors (Lipinski definition) is 4. The van der Waals surface area contributed by atoms with Crippen molar-refractivity contribution in [3.63, 3.8) is 0 Å². The van der Waals surface area contributed by atoms with E-state index in [1.807, 2.05) is 12.1 Å². The standard InChI is InChI=1S/C20H24ClN5O4S/c1-2-3-8-22-17-14-18(24-10-23-17)26(19-16(29)15(28)13(9-27)30-19)20(25-14)31-12-6-4-11(21)5-7-12/h4-7,10,13,15-16,19,27-29H,2-3,8-9H2,1H3,(H,22,23,24)/t13-,15-,16-,19-/m1/s1. The Morgan fingerprint density at radius 2 is 1.97 bits per heavy atom. The van der Waals surface area contributed by atoms with E-state index in [-0.39, 0.29) is 0 Å². The Balaban J connectivity index is 1.79. The van der Waals surface area contributed by atoms with Crippen molar-refractivity contribution < 1.29 is 20.1 Å². The fourth-order valence-electron chi connectivity index (χ4n) is 3.40. The number of benzene rings is 1. The van der Waals surface area contributed by atoms with Crippen LogP contribution in [0.2, 0.25) is 5.02 Å². The second-order valence-corrected chi connectivity index (χ2v) is 8.70. The molecule has 0 spiro atoms. The lowest BCUT2D eigenvalue weighted by molar-refractivity contribution is -0.0548. The van der Waals surface area contributed by atoms with Gasteiger partial charge in [-0.05, 0) is 30.7 Å².